The molecule has 0 atom stereocenters. The summed E-state index contributed by atoms with van der Waals surface area (Å²) in [5.74, 6) is 1.01. The molecule has 0 aromatic carbocycles. The third-order valence-electron chi connectivity index (χ3n) is 3.27. The summed E-state index contributed by atoms with van der Waals surface area (Å²) in [4.78, 5) is 11.8. The first-order chi connectivity index (χ1) is 8.75. The molecule has 0 aliphatic rings. The summed E-state index contributed by atoms with van der Waals surface area (Å²) in [6.45, 7) is 2.73. The standard InChI is InChI=1S/C15H25NOS/c1-14-10-9-12-16(15(14)17)11-7-5-3-2-4-6-8-13-18/h9-10,12,18H,2-8,11,13H2,1H3. The van der Waals surface area contributed by atoms with E-state index in [9.17, 15) is 4.79 Å². The molecule has 2 nitrogen and oxygen atoms in total. The number of rotatable bonds is 9. The van der Waals surface area contributed by atoms with Gasteiger partial charge in [0.15, 0.2) is 0 Å². The van der Waals surface area contributed by atoms with Crippen molar-refractivity contribution in [3.8, 4) is 0 Å². The van der Waals surface area contributed by atoms with E-state index in [1.54, 1.807) is 0 Å². The van der Waals surface area contributed by atoms with Crippen molar-refractivity contribution in [3.05, 3.63) is 34.2 Å². The van der Waals surface area contributed by atoms with Crippen molar-refractivity contribution in [1.82, 2.24) is 4.57 Å². The predicted octanol–water partition coefficient (Wildman–Crippen LogP) is 3.82. The van der Waals surface area contributed by atoms with Crippen LogP contribution in [0.3, 0.4) is 0 Å². The number of hydrogen-bond donors (Lipinski definition) is 1. The zero-order valence-electron chi connectivity index (χ0n) is 11.4. The largest absolute Gasteiger partial charge is 0.315 e. The van der Waals surface area contributed by atoms with Gasteiger partial charge in [-0.25, -0.2) is 0 Å². The van der Waals surface area contributed by atoms with Crippen LogP contribution in [0.2, 0.25) is 0 Å². The summed E-state index contributed by atoms with van der Waals surface area (Å²) < 4.78 is 1.83. The second kappa shape index (κ2) is 9.26. The second-order valence-corrected chi connectivity index (χ2v) is 5.34. The number of aromatic nitrogens is 1. The molecule has 0 fully saturated rings. The van der Waals surface area contributed by atoms with E-state index in [2.05, 4.69) is 12.6 Å². The summed E-state index contributed by atoms with van der Waals surface area (Å²) >= 11 is 4.20. The second-order valence-electron chi connectivity index (χ2n) is 4.89. The first-order valence-corrected chi connectivity index (χ1v) is 7.66. The molecule has 0 N–H and O–H groups in total. The Morgan fingerprint density at radius 3 is 2.33 bits per heavy atom. The van der Waals surface area contributed by atoms with E-state index in [0.29, 0.717) is 0 Å². The van der Waals surface area contributed by atoms with Crippen molar-refractivity contribution >= 4 is 12.6 Å². The van der Waals surface area contributed by atoms with Crippen LogP contribution in [0.25, 0.3) is 0 Å². The molecule has 0 aliphatic carbocycles. The number of pyridine rings is 1. The van der Waals surface area contributed by atoms with Gasteiger partial charge in [-0.15, -0.1) is 0 Å². The number of unbranched alkanes of at least 4 members (excludes halogenated alkanes) is 6. The molecule has 102 valence electrons. The fraction of sp³-hybridized carbons (Fsp3) is 0.667. The highest BCUT2D eigenvalue weighted by Gasteiger charge is 1.98. The van der Waals surface area contributed by atoms with Gasteiger partial charge >= 0.3 is 0 Å². The molecule has 1 rings (SSSR count). The molecule has 1 heterocycles. The molecule has 0 radical (unpaired) electrons. The normalized spacial score (nSPS) is 10.8. The van der Waals surface area contributed by atoms with Crippen molar-refractivity contribution in [2.45, 2.75) is 58.4 Å². The van der Waals surface area contributed by atoms with Gasteiger partial charge in [-0.2, -0.15) is 12.6 Å². The fourth-order valence-corrected chi connectivity index (χ4v) is 2.33. The molecular weight excluding hydrogens is 242 g/mol. The minimum atomic E-state index is 0.159. The highest BCUT2D eigenvalue weighted by atomic mass is 32.1. The van der Waals surface area contributed by atoms with Crippen LogP contribution in [-0.4, -0.2) is 10.3 Å². The topological polar surface area (TPSA) is 22.0 Å². The Labute approximate surface area is 116 Å². The fourth-order valence-electron chi connectivity index (χ4n) is 2.11. The Balaban J connectivity index is 2.11. The van der Waals surface area contributed by atoms with Crippen molar-refractivity contribution < 1.29 is 0 Å². The van der Waals surface area contributed by atoms with Gasteiger partial charge in [0.2, 0.25) is 0 Å². The summed E-state index contributed by atoms with van der Waals surface area (Å²) in [7, 11) is 0. The first-order valence-electron chi connectivity index (χ1n) is 7.02. The van der Waals surface area contributed by atoms with Crippen molar-refractivity contribution in [2.24, 2.45) is 0 Å². The van der Waals surface area contributed by atoms with Crippen molar-refractivity contribution in [1.29, 1.82) is 0 Å². The van der Waals surface area contributed by atoms with E-state index >= 15 is 0 Å². The molecule has 0 aliphatic heterocycles. The van der Waals surface area contributed by atoms with Gasteiger partial charge in [-0.05, 0) is 31.6 Å². The first kappa shape index (κ1) is 15.4. The number of aryl methyl sites for hydroxylation is 2. The van der Waals surface area contributed by atoms with E-state index in [1.165, 1.54) is 38.5 Å². The molecule has 3 heteroatoms. The van der Waals surface area contributed by atoms with Gasteiger partial charge in [0.25, 0.3) is 5.56 Å². The minimum absolute atomic E-state index is 0.159. The van der Waals surface area contributed by atoms with E-state index in [1.807, 2.05) is 29.8 Å². The lowest BCUT2D eigenvalue weighted by Gasteiger charge is -2.06. The molecule has 1 aromatic rings. The number of nitrogens with zero attached hydrogens (tertiary/aromatic N) is 1. The maximum absolute atomic E-state index is 11.8. The van der Waals surface area contributed by atoms with Crippen LogP contribution in [0.15, 0.2) is 23.1 Å². The van der Waals surface area contributed by atoms with E-state index in [-0.39, 0.29) is 5.56 Å². The van der Waals surface area contributed by atoms with Crippen LogP contribution in [-0.2, 0) is 6.54 Å². The SMILES string of the molecule is Cc1cccn(CCCCCCCCCS)c1=O. The lowest BCUT2D eigenvalue weighted by Crippen LogP contribution is -2.21. The van der Waals surface area contributed by atoms with E-state index in [4.69, 9.17) is 0 Å². The summed E-state index contributed by atoms with van der Waals surface area (Å²) in [5, 5.41) is 0. The van der Waals surface area contributed by atoms with Crippen LogP contribution in [0, 0.1) is 6.92 Å². The third kappa shape index (κ3) is 5.76. The van der Waals surface area contributed by atoms with Gasteiger partial charge < -0.3 is 4.57 Å². The Kier molecular flexibility index (Phi) is 7.90. The molecule has 0 spiro atoms. The van der Waals surface area contributed by atoms with Crippen LogP contribution < -0.4 is 5.56 Å². The average molecular weight is 267 g/mol. The maximum Gasteiger partial charge on any atom is 0.253 e. The molecule has 18 heavy (non-hydrogen) atoms. The number of hydrogen-bond acceptors (Lipinski definition) is 2. The Hall–Kier alpha value is -0.700. The van der Waals surface area contributed by atoms with Gasteiger partial charge in [-0.1, -0.05) is 38.2 Å². The van der Waals surface area contributed by atoms with Gasteiger partial charge in [-0.3, -0.25) is 4.79 Å². The molecule has 0 amide bonds. The van der Waals surface area contributed by atoms with Crippen LogP contribution >= 0.6 is 12.6 Å². The molecule has 0 bridgehead atoms. The van der Waals surface area contributed by atoms with Gasteiger partial charge in [0, 0.05) is 18.3 Å². The highest BCUT2D eigenvalue weighted by Crippen LogP contribution is 2.08. The minimum Gasteiger partial charge on any atom is -0.315 e. The molecule has 0 unspecified atom stereocenters. The Morgan fingerprint density at radius 2 is 1.67 bits per heavy atom. The summed E-state index contributed by atoms with van der Waals surface area (Å²) in [5.41, 5.74) is 0.996. The predicted molar refractivity (Wildman–Crippen MR) is 81.6 cm³/mol. The summed E-state index contributed by atoms with van der Waals surface area (Å²) in [6, 6.07) is 3.83. The lowest BCUT2D eigenvalue weighted by atomic mass is 10.1. The number of thiol groups is 1. The van der Waals surface area contributed by atoms with E-state index < -0.39 is 0 Å². The highest BCUT2D eigenvalue weighted by molar-refractivity contribution is 7.80. The van der Waals surface area contributed by atoms with Gasteiger partial charge in [0.1, 0.15) is 0 Å². The van der Waals surface area contributed by atoms with Crippen LogP contribution in [0.5, 0.6) is 0 Å². The summed E-state index contributed by atoms with van der Waals surface area (Å²) in [6.07, 6.45) is 10.7. The zero-order chi connectivity index (χ0) is 13.2. The van der Waals surface area contributed by atoms with Crippen LogP contribution in [0.4, 0.5) is 0 Å². The monoisotopic (exact) mass is 267 g/mol. The average Bonchev–Trinajstić information content (AvgIpc) is 2.37. The molecule has 1 aromatic heterocycles. The molecular formula is C15H25NOS. The molecule has 0 saturated carbocycles. The lowest BCUT2D eigenvalue weighted by molar-refractivity contribution is 0.542. The maximum atomic E-state index is 11.8. The Morgan fingerprint density at radius 1 is 1.06 bits per heavy atom. The van der Waals surface area contributed by atoms with Crippen LogP contribution in [0.1, 0.15) is 50.5 Å². The van der Waals surface area contributed by atoms with E-state index in [0.717, 1.165) is 24.3 Å². The van der Waals surface area contributed by atoms with Gasteiger partial charge in [0.05, 0.1) is 0 Å². The smallest absolute Gasteiger partial charge is 0.253 e. The zero-order valence-corrected chi connectivity index (χ0v) is 12.3. The third-order valence-corrected chi connectivity index (χ3v) is 3.58. The van der Waals surface area contributed by atoms with Crippen molar-refractivity contribution in [2.75, 3.05) is 5.75 Å². The quantitative estimate of drug-likeness (QED) is 0.533. The Bertz CT molecular complexity index is 386. The van der Waals surface area contributed by atoms with Crippen molar-refractivity contribution in [3.63, 3.8) is 0 Å². The molecule has 0 saturated heterocycles.